The molecule has 388 valence electrons. The van der Waals surface area contributed by atoms with Gasteiger partial charge in [-0.3, -0.25) is 23.2 Å². The van der Waals surface area contributed by atoms with Crippen molar-refractivity contribution in [2.75, 3.05) is 13.2 Å². The van der Waals surface area contributed by atoms with Gasteiger partial charge in [-0.2, -0.15) is 0 Å². The number of aliphatic hydroxyl groups is 5. The molecule has 68 heavy (non-hydrogen) atoms. The van der Waals surface area contributed by atoms with E-state index in [0.717, 1.165) is 57.8 Å². The Labute approximate surface area is 403 Å². The molecule has 0 radical (unpaired) electrons. The van der Waals surface area contributed by atoms with Gasteiger partial charge in [0.2, 0.25) is 0 Å². The highest BCUT2D eigenvalue weighted by Gasteiger charge is 2.54. The van der Waals surface area contributed by atoms with E-state index in [1.165, 1.54) is 19.3 Å². The molecule has 8 N–H and O–H groups in total. The Balaban J connectivity index is 2.68. The molecule has 17 nitrogen and oxygen atoms in total. The highest BCUT2D eigenvalue weighted by molar-refractivity contribution is 7.47. The van der Waals surface area contributed by atoms with Crippen molar-refractivity contribution >= 4 is 27.6 Å². The fraction of sp³-hybridized carbons (Fsp3) is 0.633. The van der Waals surface area contributed by atoms with Crippen LogP contribution < -0.4 is 0 Å². The first-order valence-corrected chi connectivity index (χ1v) is 26.8. The highest BCUT2D eigenvalue weighted by atomic mass is 31.2. The largest absolute Gasteiger partial charge is 0.472 e. The van der Waals surface area contributed by atoms with Gasteiger partial charge in [0.15, 0.2) is 6.10 Å². The fourth-order valence-electron chi connectivity index (χ4n) is 6.44. The Kier molecular flexibility index (Phi) is 35.7. The molecule has 1 fully saturated rings. The molecule has 0 amide bonds. The van der Waals surface area contributed by atoms with Crippen LogP contribution in [0.25, 0.3) is 0 Å². The maximum Gasteiger partial charge on any atom is 0.472 e. The minimum absolute atomic E-state index is 0.0211. The number of carbonyl (C=O) groups is 2. The van der Waals surface area contributed by atoms with Crippen LogP contribution in [0.3, 0.4) is 0 Å². The standard InChI is InChI=1S/C49H80O17P2/c1-3-4-5-6-7-8-9-10-11-12-15-18-21-24-27-30-33-36-42(51)62-38-41(39-63-68(60,61)66-49-46(55)44(53)45(54)48(47(49)56)65-67(57,58)59)64-43(52)37-34-31-28-25-22-19-16-13-14-17-20-23-26-29-32-35-40(2)50/h7-8,10-11,14-19,23-28,40-41,44-50,53-56H,3-6,9,12-13,20-22,29-39H2,1-2H3,(H,60,61)(H2,57,58,59)/b8-7-,11-10-,17-14-,18-15-,19-16-,26-23-,27-24-,28-25-/t40-,41+,44?,45?,46?,47?,48+,49-/m0/s1. The predicted octanol–water partition coefficient (Wildman–Crippen LogP) is 8.14. The second kappa shape index (κ2) is 38.6. The molecular weight excluding hydrogens is 922 g/mol. The van der Waals surface area contributed by atoms with Crippen LogP contribution >= 0.6 is 15.6 Å². The van der Waals surface area contributed by atoms with Crippen LogP contribution in [0.2, 0.25) is 0 Å². The van der Waals surface area contributed by atoms with Gasteiger partial charge in [-0.25, -0.2) is 9.13 Å². The smallest absolute Gasteiger partial charge is 0.462 e. The summed E-state index contributed by atoms with van der Waals surface area (Å²) in [5.74, 6) is -1.36. The Morgan fingerprint density at radius 1 is 0.529 bits per heavy atom. The van der Waals surface area contributed by atoms with E-state index < -0.39 is 83.5 Å². The van der Waals surface area contributed by atoms with E-state index in [1.54, 1.807) is 6.92 Å². The molecule has 1 aliphatic rings. The summed E-state index contributed by atoms with van der Waals surface area (Å²) < 4.78 is 49.2. The van der Waals surface area contributed by atoms with Gasteiger partial charge < -0.3 is 49.7 Å². The summed E-state index contributed by atoms with van der Waals surface area (Å²) in [5.41, 5.74) is 0. The van der Waals surface area contributed by atoms with E-state index in [1.807, 2.05) is 36.5 Å². The van der Waals surface area contributed by atoms with E-state index in [2.05, 4.69) is 72.2 Å². The van der Waals surface area contributed by atoms with E-state index in [-0.39, 0.29) is 18.9 Å². The van der Waals surface area contributed by atoms with E-state index in [4.69, 9.17) is 18.5 Å². The zero-order valence-corrected chi connectivity index (χ0v) is 41.6. The molecule has 0 aromatic heterocycles. The van der Waals surface area contributed by atoms with Crippen LogP contribution in [-0.2, 0) is 41.8 Å². The van der Waals surface area contributed by atoms with Crippen molar-refractivity contribution in [1.29, 1.82) is 0 Å². The first-order valence-electron chi connectivity index (χ1n) is 23.8. The van der Waals surface area contributed by atoms with Gasteiger partial charge in [0.25, 0.3) is 0 Å². The number of phosphoric ester groups is 2. The van der Waals surface area contributed by atoms with Crippen LogP contribution in [0.15, 0.2) is 97.2 Å². The zero-order valence-electron chi connectivity index (χ0n) is 39.9. The van der Waals surface area contributed by atoms with Gasteiger partial charge in [0.1, 0.15) is 43.2 Å². The molecule has 0 aliphatic heterocycles. The fourth-order valence-corrected chi connectivity index (χ4v) is 7.98. The average molecular weight is 1000 g/mol. The number of esters is 2. The maximum absolute atomic E-state index is 13.0. The molecule has 19 heteroatoms. The van der Waals surface area contributed by atoms with Crippen LogP contribution in [-0.4, -0.2) is 114 Å². The van der Waals surface area contributed by atoms with Crippen molar-refractivity contribution in [3.63, 3.8) is 0 Å². The molecule has 0 aromatic rings. The molecule has 9 atom stereocenters. The second-order valence-corrected chi connectivity index (χ2v) is 19.0. The highest BCUT2D eigenvalue weighted by Crippen LogP contribution is 2.49. The molecule has 0 heterocycles. The number of hydrogen-bond acceptors (Lipinski definition) is 14. The van der Waals surface area contributed by atoms with Gasteiger partial charge in [0, 0.05) is 12.8 Å². The Hall–Kier alpha value is -3.12. The van der Waals surface area contributed by atoms with Crippen LogP contribution in [0.4, 0.5) is 0 Å². The van der Waals surface area contributed by atoms with E-state index in [9.17, 15) is 58.9 Å². The SMILES string of the molecule is CCCCC/C=C\C/C=C\C/C=C\C/C=C\CCCC(=O)OC[C@H](COP(=O)(O)O[C@H]1C(O)C(O)C(O)[C@@H](OP(=O)(O)O)C1O)OC(=O)CCC/C=C\C/C=C\C/C=C\C/C=C\CCC[C@H](C)O. The van der Waals surface area contributed by atoms with Crippen LogP contribution in [0.5, 0.6) is 0 Å². The summed E-state index contributed by atoms with van der Waals surface area (Å²) >= 11 is 0. The van der Waals surface area contributed by atoms with Gasteiger partial charge in [-0.15, -0.1) is 0 Å². The summed E-state index contributed by atoms with van der Waals surface area (Å²) in [6.45, 7) is 2.53. The Morgan fingerprint density at radius 3 is 1.38 bits per heavy atom. The molecule has 1 aliphatic carbocycles. The third-order valence-electron chi connectivity index (χ3n) is 10.1. The average Bonchev–Trinajstić information content (AvgIpc) is 3.28. The molecule has 0 saturated heterocycles. The molecule has 0 bridgehead atoms. The number of unbranched alkanes of at least 4 members (excludes halogenated alkanes) is 6. The summed E-state index contributed by atoms with van der Waals surface area (Å²) in [6.07, 6.45) is 32.2. The van der Waals surface area contributed by atoms with Crippen molar-refractivity contribution < 1.29 is 82.0 Å². The first kappa shape index (κ1) is 62.9. The van der Waals surface area contributed by atoms with Crippen molar-refractivity contribution in [3.8, 4) is 0 Å². The monoisotopic (exact) mass is 1000 g/mol. The summed E-state index contributed by atoms with van der Waals surface area (Å²) in [4.78, 5) is 54.2. The van der Waals surface area contributed by atoms with Gasteiger partial charge >= 0.3 is 27.6 Å². The molecular formula is C49H80O17P2. The van der Waals surface area contributed by atoms with Crippen LogP contribution in [0, 0.1) is 0 Å². The molecule has 5 unspecified atom stereocenters. The molecule has 0 spiro atoms. The summed E-state index contributed by atoms with van der Waals surface area (Å²) in [5, 5.41) is 50.5. The molecule has 1 rings (SSSR count). The lowest BCUT2D eigenvalue weighted by Gasteiger charge is -2.43. The lowest BCUT2D eigenvalue weighted by Crippen LogP contribution is -2.64. The van der Waals surface area contributed by atoms with Crippen molar-refractivity contribution in [2.45, 2.75) is 185 Å². The minimum atomic E-state index is -5.38. The number of hydrogen-bond donors (Lipinski definition) is 8. The second-order valence-electron chi connectivity index (χ2n) is 16.4. The van der Waals surface area contributed by atoms with E-state index >= 15 is 0 Å². The summed E-state index contributed by atoms with van der Waals surface area (Å²) in [7, 11) is -10.7. The molecule has 1 saturated carbocycles. The number of allylic oxidation sites excluding steroid dienone is 16. The lowest BCUT2D eigenvalue weighted by atomic mass is 9.85. The topological polar surface area (TPSA) is 276 Å². The quantitative estimate of drug-likeness (QED) is 0.0125. The lowest BCUT2D eigenvalue weighted by molar-refractivity contribution is -0.216. The van der Waals surface area contributed by atoms with Gasteiger partial charge in [-0.1, -0.05) is 117 Å². The number of rotatable bonds is 38. The molecule has 0 aromatic carbocycles. The number of phosphoric acid groups is 2. The van der Waals surface area contributed by atoms with Crippen molar-refractivity contribution in [2.24, 2.45) is 0 Å². The third-order valence-corrected chi connectivity index (χ3v) is 11.7. The maximum atomic E-state index is 13.0. The van der Waals surface area contributed by atoms with Gasteiger partial charge in [-0.05, 0) is 103 Å². The van der Waals surface area contributed by atoms with Crippen LogP contribution in [0.1, 0.15) is 136 Å². The van der Waals surface area contributed by atoms with Crippen molar-refractivity contribution in [1.82, 2.24) is 0 Å². The minimum Gasteiger partial charge on any atom is -0.462 e. The third kappa shape index (κ3) is 33.4. The van der Waals surface area contributed by atoms with Crippen molar-refractivity contribution in [3.05, 3.63) is 97.2 Å². The predicted molar refractivity (Wildman–Crippen MR) is 261 cm³/mol. The van der Waals surface area contributed by atoms with E-state index in [0.29, 0.717) is 32.1 Å². The normalized spacial score (nSPS) is 22.6. The summed E-state index contributed by atoms with van der Waals surface area (Å²) in [6, 6.07) is 0. The van der Waals surface area contributed by atoms with Gasteiger partial charge in [0.05, 0.1) is 12.7 Å². The number of aliphatic hydroxyl groups excluding tert-OH is 5. The zero-order chi connectivity index (χ0) is 50.5. The number of ether oxygens (including phenoxy) is 2. The number of carbonyl (C=O) groups excluding carboxylic acids is 2. The Bertz CT molecular complexity index is 1700. The Morgan fingerprint density at radius 2 is 0.941 bits per heavy atom. The first-order chi connectivity index (χ1) is 32.5.